The number of aryl methyl sites for hydroxylation is 1. The van der Waals surface area contributed by atoms with E-state index >= 15 is 0 Å². The van der Waals surface area contributed by atoms with Gasteiger partial charge in [-0.15, -0.1) is 0 Å². The van der Waals surface area contributed by atoms with Crippen molar-refractivity contribution < 1.29 is 9.15 Å². The molecule has 0 atom stereocenters. The molecule has 1 aliphatic rings. The van der Waals surface area contributed by atoms with E-state index in [-0.39, 0.29) is 0 Å². The number of aromatic amines is 1. The van der Waals surface area contributed by atoms with Gasteiger partial charge in [0, 0.05) is 24.5 Å². The lowest BCUT2D eigenvalue weighted by Crippen LogP contribution is -2.13. The zero-order valence-electron chi connectivity index (χ0n) is 13.1. The van der Waals surface area contributed by atoms with Crippen molar-refractivity contribution in [1.29, 1.82) is 0 Å². The first kappa shape index (κ1) is 14.2. The van der Waals surface area contributed by atoms with Crippen molar-refractivity contribution in [3.63, 3.8) is 0 Å². The van der Waals surface area contributed by atoms with Gasteiger partial charge in [0.05, 0.1) is 0 Å². The average Bonchev–Trinajstić information content (AvgIpc) is 3.25. The summed E-state index contributed by atoms with van der Waals surface area (Å²) in [6.07, 6.45) is 3.89. The van der Waals surface area contributed by atoms with E-state index in [1.165, 1.54) is 5.56 Å². The molecule has 5 nitrogen and oxygen atoms in total. The number of benzene rings is 1. The Morgan fingerprint density at radius 3 is 2.57 bits per heavy atom. The number of hydrogen-bond acceptors (Lipinski definition) is 4. The molecule has 0 bridgehead atoms. The fourth-order valence-corrected chi connectivity index (χ4v) is 3.01. The second-order valence-electron chi connectivity index (χ2n) is 5.98. The highest BCUT2D eigenvalue weighted by Crippen LogP contribution is 2.29. The molecule has 0 amide bonds. The number of H-pyrrole nitrogens is 1. The van der Waals surface area contributed by atoms with Crippen LogP contribution in [0, 0.1) is 6.92 Å². The topological polar surface area (TPSA) is 63.9 Å². The van der Waals surface area contributed by atoms with Crippen LogP contribution in [0.1, 0.15) is 30.0 Å². The maximum absolute atomic E-state index is 5.55. The summed E-state index contributed by atoms with van der Waals surface area (Å²) in [5.74, 6) is 1.15. The zero-order chi connectivity index (χ0) is 15.6. The summed E-state index contributed by atoms with van der Waals surface area (Å²) in [4.78, 5) is 4.54. The van der Waals surface area contributed by atoms with Gasteiger partial charge >= 0.3 is 0 Å². The van der Waals surface area contributed by atoms with E-state index in [1.54, 1.807) is 6.26 Å². The molecule has 3 heterocycles. The monoisotopic (exact) mass is 309 g/mol. The number of oxazole rings is 1. The summed E-state index contributed by atoms with van der Waals surface area (Å²) < 4.78 is 11.0. The molecule has 1 saturated heterocycles. The van der Waals surface area contributed by atoms with Gasteiger partial charge in [-0.25, -0.2) is 4.98 Å². The first-order valence-corrected chi connectivity index (χ1v) is 7.95. The Hall–Kier alpha value is -2.40. The maximum Gasteiger partial charge on any atom is 0.247 e. The predicted molar refractivity (Wildman–Crippen MR) is 87.1 cm³/mol. The molecule has 1 aliphatic heterocycles. The van der Waals surface area contributed by atoms with Crippen LogP contribution in [0.2, 0.25) is 0 Å². The Balaban J connectivity index is 1.55. The van der Waals surface area contributed by atoms with Crippen LogP contribution in [0.25, 0.3) is 22.8 Å². The van der Waals surface area contributed by atoms with Crippen molar-refractivity contribution in [2.45, 2.75) is 25.7 Å². The van der Waals surface area contributed by atoms with Crippen molar-refractivity contribution >= 4 is 0 Å². The van der Waals surface area contributed by atoms with Crippen LogP contribution < -0.4 is 0 Å². The lowest BCUT2D eigenvalue weighted by atomic mass is 9.91. The maximum atomic E-state index is 5.55. The van der Waals surface area contributed by atoms with Gasteiger partial charge in [0.2, 0.25) is 5.89 Å². The van der Waals surface area contributed by atoms with E-state index in [0.29, 0.717) is 11.8 Å². The molecular formula is C18H19N3O2. The van der Waals surface area contributed by atoms with Crippen LogP contribution in [0.4, 0.5) is 0 Å². The number of aromatic nitrogens is 3. The molecule has 0 saturated carbocycles. The van der Waals surface area contributed by atoms with Crippen molar-refractivity contribution in [1.82, 2.24) is 15.2 Å². The Morgan fingerprint density at radius 2 is 1.87 bits per heavy atom. The highest BCUT2D eigenvalue weighted by Gasteiger charge is 2.16. The molecule has 4 rings (SSSR count). The van der Waals surface area contributed by atoms with Crippen molar-refractivity contribution in [2.75, 3.05) is 13.2 Å². The van der Waals surface area contributed by atoms with Gasteiger partial charge in [-0.05, 0) is 37.3 Å². The molecule has 3 aromatic rings. The lowest BCUT2D eigenvalue weighted by molar-refractivity contribution is 0.0853. The first-order chi connectivity index (χ1) is 11.3. The van der Waals surface area contributed by atoms with Crippen molar-refractivity contribution in [2.24, 2.45) is 0 Å². The van der Waals surface area contributed by atoms with Gasteiger partial charge in [-0.3, -0.25) is 5.10 Å². The van der Waals surface area contributed by atoms with Gasteiger partial charge in [0.25, 0.3) is 0 Å². The molecular weight excluding hydrogens is 290 g/mol. The number of nitrogens with zero attached hydrogens (tertiary/aromatic N) is 2. The van der Waals surface area contributed by atoms with Gasteiger partial charge in [-0.1, -0.05) is 24.3 Å². The van der Waals surface area contributed by atoms with E-state index in [1.807, 2.05) is 13.0 Å². The highest BCUT2D eigenvalue weighted by molar-refractivity contribution is 5.61. The summed E-state index contributed by atoms with van der Waals surface area (Å²) in [7, 11) is 0. The number of ether oxygens (including phenoxy) is 1. The molecule has 0 spiro atoms. The standard InChI is InChI=1S/C18H19N3O2/c1-12-10-16(21-20-12)18-19-17(11-23-18)15-4-2-13(3-5-15)14-6-8-22-9-7-14/h2-5,10-11,14H,6-9H2,1H3,(H,20,21). The Morgan fingerprint density at radius 1 is 1.09 bits per heavy atom. The first-order valence-electron chi connectivity index (χ1n) is 7.95. The molecule has 23 heavy (non-hydrogen) atoms. The van der Waals surface area contributed by atoms with Gasteiger partial charge in [0.1, 0.15) is 17.7 Å². The second kappa shape index (κ2) is 6.01. The lowest BCUT2D eigenvalue weighted by Gasteiger charge is -2.22. The minimum absolute atomic E-state index is 0.540. The number of nitrogens with one attached hydrogen (secondary N) is 1. The van der Waals surface area contributed by atoms with Crippen LogP contribution in [0.5, 0.6) is 0 Å². The second-order valence-corrected chi connectivity index (χ2v) is 5.98. The van der Waals surface area contributed by atoms with Crippen LogP contribution >= 0.6 is 0 Å². The molecule has 0 aliphatic carbocycles. The molecule has 5 heteroatoms. The third kappa shape index (κ3) is 2.92. The van der Waals surface area contributed by atoms with Crippen LogP contribution in [-0.4, -0.2) is 28.4 Å². The SMILES string of the molecule is Cc1cc(-c2nc(-c3ccc(C4CCOCC4)cc3)co2)n[nH]1. The van der Waals surface area contributed by atoms with Gasteiger partial charge < -0.3 is 9.15 Å². The fourth-order valence-electron chi connectivity index (χ4n) is 3.01. The third-order valence-electron chi connectivity index (χ3n) is 4.33. The van der Waals surface area contributed by atoms with Crippen molar-refractivity contribution in [3.8, 4) is 22.8 Å². The molecule has 0 radical (unpaired) electrons. The molecule has 0 unspecified atom stereocenters. The smallest absolute Gasteiger partial charge is 0.247 e. The molecule has 1 aromatic carbocycles. The minimum Gasteiger partial charge on any atom is -0.443 e. The molecule has 1 fully saturated rings. The molecule has 118 valence electrons. The summed E-state index contributed by atoms with van der Waals surface area (Å²) >= 11 is 0. The highest BCUT2D eigenvalue weighted by atomic mass is 16.5. The van der Waals surface area contributed by atoms with Crippen LogP contribution in [0.3, 0.4) is 0 Å². The Labute approximate surface area is 134 Å². The largest absolute Gasteiger partial charge is 0.443 e. The van der Waals surface area contributed by atoms with E-state index < -0.39 is 0 Å². The predicted octanol–water partition coefficient (Wildman–Crippen LogP) is 3.93. The Bertz CT molecular complexity index is 783. The molecule has 2 aromatic heterocycles. The van der Waals surface area contributed by atoms with Crippen molar-refractivity contribution in [3.05, 3.63) is 47.9 Å². The number of hydrogen-bond donors (Lipinski definition) is 1. The van der Waals surface area contributed by atoms with Crippen LogP contribution in [-0.2, 0) is 4.74 Å². The molecule has 1 N–H and O–H groups in total. The summed E-state index contributed by atoms with van der Waals surface area (Å²) in [5.41, 5.74) is 4.99. The summed E-state index contributed by atoms with van der Waals surface area (Å²) in [6, 6.07) is 10.5. The summed E-state index contributed by atoms with van der Waals surface area (Å²) in [5, 5.41) is 7.07. The Kier molecular flexibility index (Phi) is 3.71. The minimum atomic E-state index is 0.540. The number of rotatable bonds is 3. The summed E-state index contributed by atoms with van der Waals surface area (Å²) in [6.45, 7) is 3.68. The van der Waals surface area contributed by atoms with E-state index in [2.05, 4.69) is 39.4 Å². The van der Waals surface area contributed by atoms with E-state index in [4.69, 9.17) is 9.15 Å². The van der Waals surface area contributed by atoms with Gasteiger partial charge in [0.15, 0.2) is 0 Å². The van der Waals surface area contributed by atoms with Crippen LogP contribution in [0.15, 0.2) is 41.0 Å². The normalized spacial score (nSPS) is 15.9. The average molecular weight is 309 g/mol. The fraction of sp³-hybridized carbons (Fsp3) is 0.333. The van der Waals surface area contributed by atoms with Gasteiger partial charge in [-0.2, -0.15) is 5.10 Å². The third-order valence-corrected chi connectivity index (χ3v) is 4.33. The van der Waals surface area contributed by atoms with E-state index in [9.17, 15) is 0 Å². The van der Waals surface area contributed by atoms with E-state index in [0.717, 1.165) is 48.7 Å². The quantitative estimate of drug-likeness (QED) is 0.796. The zero-order valence-corrected chi connectivity index (χ0v) is 13.1.